The van der Waals surface area contributed by atoms with Gasteiger partial charge in [-0.1, -0.05) is 28.0 Å². The summed E-state index contributed by atoms with van der Waals surface area (Å²) < 4.78 is 11.7. The van der Waals surface area contributed by atoms with Gasteiger partial charge in [-0.05, 0) is 49.4 Å². The van der Waals surface area contributed by atoms with Crippen molar-refractivity contribution in [1.82, 2.24) is 5.16 Å². The Kier molecular flexibility index (Phi) is 4.47. The molecular weight excluding hydrogens is 348 g/mol. The van der Waals surface area contributed by atoms with E-state index in [9.17, 15) is 4.79 Å². The minimum Gasteiger partial charge on any atom is -0.484 e. The van der Waals surface area contributed by atoms with Crippen molar-refractivity contribution in [3.05, 3.63) is 40.0 Å². The number of carbonyl (C=O) groups excluding carboxylic acids is 1. The summed E-state index contributed by atoms with van der Waals surface area (Å²) in [4.78, 5) is 12.0. The first kappa shape index (κ1) is 15.1. The van der Waals surface area contributed by atoms with Crippen molar-refractivity contribution in [3.8, 4) is 5.75 Å². The number of hydrogen-bond donors (Lipinski definition) is 1. The van der Waals surface area contributed by atoms with Gasteiger partial charge in [-0.15, -0.1) is 0 Å². The summed E-state index contributed by atoms with van der Waals surface area (Å²) in [5.41, 5.74) is 1.98. The maximum atomic E-state index is 12.0. The van der Waals surface area contributed by atoms with Gasteiger partial charge in [-0.25, -0.2) is 0 Å². The number of benzene rings is 1. The lowest BCUT2D eigenvalue weighted by Gasteiger charge is -2.16. The number of amides is 1. The molecule has 6 heteroatoms. The highest BCUT2D eigenvalue weighted by Crippen LogP contribution is 2.30. The molecule has 1 aliphatic rings. The molecule has 0 bridgehead atoms. The summed E-state index contributed by atoms with van der Waals surface area (Å²) in [6.07, 6.45) is 2.91. The number of aryl methyl sites for hydroxylation is 1. The van der Waals surface area contributed by atoms with Crippen LogP contribution in [-0.4, -0.2) is 17.7 Å². The summed E-state index contributed by atoms with van der Waals surface area (Å²) >= 11 is 3.35. The topological polar surface area (TPSA) is 64.4 Å². The lowest BCUT2D eigenvalue weighted by molar-refractivity contribution is -0.118. The monoisotopic (exact) mass is 364 g/mol. The van der Waals surface area contributed by atoms with Crippen molar-refractivity contribution < 1.29 is 14.1 Å². The van der Waals surface area contributed by atoms with Crippen LogP contribution in [0.3, 0.4) is 0 Å². The van der Waals surface area contributed by atoms with Crippen molar-refractivity contribution in [1.29, 1.82) is 0 Å². The van der Waals surface area contributed by atoms with E-state index >= 15 is 0 Å². The van der Waals surface area contributed by atoms with Crippen LogP contribution < -0.4 is 10.1 Å². The SMILES string of the molecule is C[C@@H]1CCc2noc(NC(=O)COc3ccc(Br)cc3)c2C1. The van der Waals surface area contributed by atoms with Gasteiger partial charge in [0.05, 0.1) is 5.69 Å². The van der Waals surface area contributed by atoms with Crippen LogP contribution in [0, 0.1) is 5.92 Å². The Balaban J connectivity index is 1.58. The fourth-order valence-electron chi connectivity index (χ4n) is 2.52. The van der Waals surface area contributed by atoms with E-state index in [1.807, 2.05) is 12.1 Å². The zero-order valence-corrected chi connectivity index (χ0v) is 13.9. The molecule has 0 fully saturated rings. The number of hydrogen-bond acceptors (Lipinski definition) is 4. The number of nitrogens with zero attached hydrogens (tertiary/aromatic N) is 1. The Morgan fingerprint density at radius 3 is 3.00 bits per heavy atom. The van der Waals surface area contributed by atoms with Crippen molar-refractivity contribution >= 4 is 27.7 Å². The van der Waals surface area contributed by atoms with Crippen molar-refractivity contribution in [2.24, 2.45) is 5.92 Å². The number of carbonyl (C=O) groups is 1. The molecule has 0 unspecified atom stereocenters. The van der Waals surface area contributed by atoms with Gasteiger partial charge in [0.25, 0.3) is 5.91 Å². The second-order valence-corrected chi connectivity index (χ2v) is 6.49. The van der Waals surface area contributed by atoms with E-state index in [-0.39, 0.29) is 12.5 Å². The Morgan fingerprint density at radius 1 is 1.45 bits per heavy atom. The highest BCUT2D eigenvalue weighted by molar-refractivity contribution is 9.10. The number of anilines is 1. The molecule has 1 atom stereocenters. The molecule has 1 amide bonds. The minimum atomic E-state index is -0.250. The summed E-state index contributed by atoms with van der Waals surface area (Å²) in [7, 11) is 0. The molecule has 0 saturated carbocycles. The minimum absolute atomic E-state index is 0.0628. The third-order valence-corrected chi connectivity index (χ3v) is 4.26. The molecule has 22 heavy (non-hydrogen) atoms. The fraction of sp³-hybridized carbons (Fsp3) is 0.375. The van der Waals surface area contributed by atoms with E-state index in [1.165, 1.54) is 0 Å². The molecule has 3 rings (SSSR count). The summed E-state index contributed by atoms with van der Waals surface area (Å²) in [5.74, 6) is 1.44. The van der Waals surface area contributed by atoms with E-state index in [4.69, 9.17) is 9.26 Å². The smallest absolute Gasteiger partial charge is 0.264 e. The molecule has 0 saturated heterocycles. The average molecular weight is 365 g/mol. The fourth-order valence-corrected chi connectivity index (χ4v) is 2.79. The van der Waals surface area contributed by atoms with Crippen molar-refractivity contribution in [3.63, 3.8) is 0 Å². The van der Waals surface area contributed by atoms with Gasteiger partial charge in [0, 0.05) is 10.0 Å². The van der Waals surface area contributed by atoms with E-state index < -0.39 is 0 Å². The zero-order valence-electron chi connectivity index (χ0n) is 12.3. The summed E-state index contributed by atoms with van der Waals surface area (Å²) in [6.45, 7) is 2.13. The van der Waals surface area contributed by atoms with Crippen LogP contribution in [0.1, 0.15) is 24.6 Å². The van der Waals surface area contributed by atoms with Gasteiger partial charge in [-0.3, -0.25) is 10.1 Å². The lowest BCUT2D eigenvalue weighted by Crippen LogP contribution is -2.21. The molecule has 1 N–H and O–H groups in total. The quantitative estimate of drug-likeness (QED) is 0.900. The number of rotatable bonds is 4. The Morgan fingerprint density at radius 2 is 2.23 bits per heavy atom. The Labute approximate surface area is 137 Å². The molecule has 1 heterocycles. The highest BCUT2D eigenvalue weighted by Gasteiger charge is 2.24. The number of halogens is 1. The zero-order chi connectivity index (χ0) is 15.5. The van der Waals surface area contributed by atoms with E-state index in [1.54, 1.807) is 12.1 Å². The van der Waals surface area contributed by atoms with Crippen LogP contribution in [0.25, 0.3) is 0 Å². The average Bonchev–Trinajstić information content (AvgIpc) is 2.89. The van der Waals surface area contributed by atoms with Gasteiger partial charge in [0.1, 0.15) is 5.75 Å². The first-order valence-electron chi connectivity index (χ1n) is 7.27. The van der Waals surface area contributed by atoms with Crippen LogP contribution in [0.5, 0.6) is 5.75 Å². The molecular formula is C16H17BrN2O3. The number of ether oxygens (including phenoxy) is 1. The second kappa shape index (κ2) is 6.52. The Bertz CT molecular complexity index is 667. The van der Waals surface area contributed by atoms with Gasteiger partial charge in [0.15, 0.2) is 6.61 Å². The summed E-state index contributed by atoms with van der Waals surface area (Å²) in [5, 5.41) is 6.79. The van der Waals surface area contributed by atoms with Crippen LogP contribution in [0.2, 0.25) is 0 Å². The molecule has 0 aliphatic heterocycles. The van der Waals surface area contributed by atoms with Crippen molar-refractivity contribution in [2.45, 2.75) is 26.2 Å². The predicted molar refractivity (Wildman–Crippen MR) is 86.0 cm³/mol. The normalized spacial score (nSPS) is 16.9. The third-order valence-electron chi connectivity index (χ3n) is 3.73. The maximum absolute atomic E-state index is 12.0. The van der Waals surface area contributed by atoms with Gasteiger partial charge >= 0.3 is 0 Å². The molecule has 116 valence electrons. The largest absolute Gasteiger partial charge is 0.484 e. The van der Waals surface area contributed by atoms with Crippen LogP contribution in [0.15, 0.2) is 33.3 Å². The standard InChI is InChI=1S/C16H17BrN2O3/c1-10-2-7-14-13(8-10)16(22-19-14)18-15(20)9-21-12-5-3-11(17)4-6-12/h3-6,10H,2,7-9H2,1H3,(H,18,20)/t10-/m1/s1. The van der Waals surface area contributed by atoms with Gasteiger partial charge in [0.2, 0.25) is 5.88 Å². The van der Waals surface area contributed by atoms with E-state index in [2.05, 4.69) is 33.3 Å². The number of nitrogens with one attached hydrogen (secondary N) is 1. The van der Waals surface area contributed by atoms with Gasteiger partial charge in [-0.2, -0.15) is 0 Å². The molecule has 1 aromatic carbocycles. The van der Waals surface area contributed by atoms with Crippen LogP contribution in [-0.2, 0) is 17.6 Å². The molecule has 0 radical (unpaired) electrons. The molecule has 0 spiro atoms. The van der Waals surface area contributed by atoms with Crippen LogP contribution in [0.4, 0.5) is 5.88 Å². The van der Waals surface area contributed by atoms with Crippen LogP contribution >= 0.6 is 15.9 Å². The highest BCUT2D eigenvalue weighted by atomic mass is 79.9. The molecule has 5 nitrogen and oxygen atoms in total. The second-order valence-electron chi connectivity index (χ2n) is 5.58. The maximum Gasteiger partial charge on any atom is 0.264 e. The lowest BCUT2D eigenvalue weighted by atomic mass is 9.89. The Hall–Kier alpha value is -1.82. The number of fused-ring (bicyclic) bond motifs is 1. The van der Waals surface area contributed by atoms with E-state index in [0.717, 1.165) is 35.0 Å². The van der Waals surface area contributed by atoms with Gasteiger partial charge < -0.3 is 9.26 Å². The third kappa shape index (κ3) is 3.50. The summed E-state index contributed by atoms with van der Waals surface area (Å²) in [6, 6.07) is 7.33. The first-order chi connectivity index (χ1) is 10.6. The van der Waals surface area contributed by atoms with Crippen molar-refractivity contribution in [2.75, 3.05) is 11.9 Å². The molecule has 1 aromatic heterocycles. The number of aromatic nitrogens is 1. The van der Waals surface area contributed by atoms with E-state index in [0.29, 0.717) is 17.6 Å². The molecule has 1 aliphatic carbocycles. The first-order valence-corrected chi connectivity index (χ1v) is 8.07. The molecule has 2 aromatic rings. The predicted octanol–water partition coefficient (Wildman–Crippen LogP) is 3.58.